The van der Waals surface area contributed by atoms with Crippen molar-refractivity contribution in [3.8, 4) is 0 Å². The summed E-state index contributed by atoms with van der Waals surface area (Å²) in [5, 5.41) is 19.2. The highest BCUT2D eigenvalue weighted by Gasteiger charge is 2.16. The van der Waals surface area contributed by atoms with E-state index in [9.17, 15) is 10.1 Å². The van der Waals surface area contributed by atoms with Gasteiger partial charge in [-0.05, 0) is 28.1 Å². The van der Waals surface area contributed by atoms with Crippen molar-refractivity contribution in [2.45, 2.75) is 6.61 Å². The predicted octanol–water partition coefficient (Wildman–Crippen LogP) is 1.85. The minimum absolute atomic E-state index is 0.0694. The number of nitro groups is 1. The van der Waals surface area contributed by atoms with Gasteiger partial charge in [0.1, 0.15) is 0 Å². The molecule has 1 N–H and O–H groups in total. The second kappa shape index (κ2) is 3.64. The smallest absolute Gasteiger partial charge is 0.288 e. The number of aliphatic hydroxyl groups excluding tert-OH is 1. The molecule has 0 heterocycles. The van der Waals surface area contributed by atoms with Gasteiger partial charge in [0, 0.05) is 0 Å². The molecule has 0 unspecified atom stereocenters. The number of hydrogen-bond donors (Lipinski definition) is 1. The Morgan fingerprint density at radius 1 is 1.58 bits per heavy atom. The zero-order chi connectivity index (χ0) is 9.14. The van der Waals surface area contributed by atoms with Crippen LogP contribution in [0.25, 0.3) is 0 Å². The van der Waals surface area contributed by atoms with E-state index < -0.39 is 4.92 Å². The maximum Gasteiger partial charge on any atom is 0.288 e. The SMILES string of the molecule is O=[N+]([O-])c1c(Br)cccc1CO. The van der Waals surface area contributed by atoms with Gasteiger partial charge in [-0.1, -0.05) is 6.07 Å². The van der Waals surface area contributed by atoms with Gasteiger partial charge in [-0.15, -0.1) is 0 Å². The molecular weight excluding hydrogens is 226 g/mol. The monoisotopic (exact) mass is 231 g/mol. The van der Waals surface area contributed by atoms with Crippen LogP contribution >= 0.6 is 15.9 Å². The van der Waals surface area contributed by atoms with Gasteiger partial charge in [0.15, 0.2) is 0 Å². The molecule has 5 heteroatoms. The molecule has 1 aromatic carbocycles. The van der Waals surface area contributed by atoms with Gasteiger partial charge in [-0.2, -0.15) is 0 Å². The topological polar surface area (TPSA) is 63.4 Å². The molecule has 1 rings (SSSR count). The summed E-state index contributed by atoms with van der Waals surface area (Å²) in [6, 6.07) is 4.73. The number of nitrogens with zero attached hydrogens (tertiary/aromatic N) is 1. The predicted molar refractivity (Wildman–Crippen MR) is 46.7 cm³/mol. The van der Waals surface area contributed by atoms with E-state index in [1.807, 2.05) is 0 Å². The molecule has 12 heavy (non-hydrogen) atoms. The van der Waals surface area contributed by atoms with Crippen molar-refractivity contribution in [1.82, 2.24) is 0 Å². The fourth-order valence-corrected chi connectivity index (χ4v) is 1.44. The van der Waals surface area contributed by atoms with Crippen molar-refractivity contribution >= 4 is 21.6 Å². The zero-order valence-corrected chi connectivity index (χ0v) is 7.61. The van der Waals surface area contributed by atoms with Crippen LogP contribution in [0, 0.1) is 10.1 Å². The molecule has 4 nitrogen and oxygen atoms in total. The largest absolute Gasteiger partial charge is 0.391 e. The molecule has 1 aromatic rings. The molecule has 0 amide bonds. The summed E-state index contributed by atoms with van der Waals surface area (Å²) in [5.41, 5.74) is 0.245. The Hall–Kier alpha value is -0.940. The van der Waals surface area contributed by atoms with Crippen molar-refractivity contribution in [3.63, 3.8) is 0 Å². The maximum absolute atomic E-state index is 10.5. The number of nitro benzene ring substituents is 1. The van der Waals surface area contributed by atoms with Crippen molar-refractivity contribution < 1.29 is 10.0 Å². The molecule has 0 saturated carbocycles. The van der Waals surface area contributed by atoms with E-state index in [0.29, 0.717) is 10.0 Å². The number of rotatable bonds is 2. The van der Waals surface area contributed by atoms with Crippen LogP contribution < -0.4 is 0 Å². The van der Waals surface area contributed by atoms with E-state index in [2.05, 4.69) is 15.9 Å². The first-order valence-electron chi connectivity index (χ1n) is 3.19. The first-order chi connectivity index (χ1) is 5.66. The molecule has 0 aliphatic carbocycles. The average Bonchev–Trinajstić information content (AvgIpc) is 2.03. The molecule has 0 aromatic heterocycles. The first-order valence-corrected chi connectivity index (χ1v) is 3.98. The fourth-order valence-electron chi connectivity index (χ4n) is 0.892. The third kappa shape index (κ3) is 1.62. The molecule has 0 saturated heterocycles. The molecule has 0 spiro atoms. The van der Waals surface area contributed by atoms with Crippen molar-refractivity contribution in [2.24, 2.45) is 0 Å². The molecule has 0 radical (unpaired) electrons. The Bertz CT molecular complexity index is 314. The van der Waals surface area contributed by atoms with E-state index in [1.165, 1.54) is 6.07 Å². The fraction of sp³-hybridized carbons (Fsp3) is 0.143. The summed E-state index contributed by atoms with van der Waals surface area (Å²) in [6.45, 7) is -0.324. The number of halogens is 1. The Morgan fingerprint density at radius 3 is 2.67 bits per heavy atom. The second-order valence-corrected chi connectivity index (χ2v) is 3.02. The first kappa shape index (κ1) is 9.15. The summed E-state index contributed by atoms with van der Waals surface area (Å²) in [5.74, 6) is 0. The van der Waals surface area contributed by atoms with Crippen LogP contribution in [0.2, 0.25) is 0 Å². The standard InChI is InChI=1S/C7H6BrNO3/c8-6-3-1-2-5(4-10)7(6)9(11)12/h1-3,10H,4H2. The molecular formula is C7H6BrNO3. The van der Waals surface area contributed by atoms with Gasteiger partial charge in [0.2, 0.25) is 0 Å². The summed E-state index contributed by atoms with van der Waals surface area (Å²) in [7, 11) is 0. The highest BCUT2D eigenvalue weighted by molar-refractivity contribution is 9.10. The lowest BCUT2D eigenvalue weighted by Gasteiger charge is -1.99. The molecule has 0 aliphatic heterocycles. The highest BCUT2D eigenvalue weighted by atomic mass is 79.9. The average molecular weight is 232 g/mol. The highest BCUT2D eigenvalue weighted by Crippen LogP contribution is 2.28. The van der Waals surface area contributed by atoms with Gasteiger partial charge in [-0.3, -0.25) is 10.1 Å². The lowest BCUT2D eigenvalue weighted by atomic mass is 10.2. The van der Waals surface area contributed by atoms with Crippen LogP contribution in [0.4, 0.5) is 5.69 Å². The Kier molecular flexibility index (Phi) is 2.78. The normalized spacial score (nSPS) is 9.83. The van der Waals surface area contributed by atoms with Crippen LogP contribution in [0.3, 0.4) is 0 Å². The van der Waals surface area contributed by atoms with Crippen molar-refractivity contribution in [2.75, 3.05) is 0 Å². The number of benzene rings is 1. The van der Waals surface area contributed by atoms with Gasteiger partial charge >= 0.3 is 0 Å². The summed E-state index contributed by atoms with van der Waals surface area (Å²) in [4.78, 5) is 9.95. The van der Waals surface area contributed by atoms with Crippen LogP contribution in [-0.4, -0.2) is 10.0 Å². The van der Waals surface area contributed by atoms with Gasteiger partial charge in [-0.25, -0.2) is 0 Å². The van der Waals surface area contributed by atoms with Crippen molar-refractivity contribution in [1.29, 1.82) is 0 Å². The van der Waals surface area contributed by atoms with Crippen LogP contribution in [0.5, 0.6) is 0 Å². The van der Waals surface area contributed by atoms with E-state index in [1.54, 1.807) is 12.1 Å². The molecule has 0 atom stereocenters. The second-order valence-electron chi connectivity index (χ2n) is 2.16. The summed E-state index contributed by atoms with van der Waals surface area (Å²) in [6.07, 6.45) is 0. The zero-order valence-electron chi connectivity index (χ0n) is 6.03. The van der Waals surface area contributed by atoms with Gasteiger partial charge in [0.05, 0.1) is 21.6 Å². The van der Waals surface area contributed by atoms with Gasteiger partial charge < -0.3 is 5.11 Å². The minimum atomic E-state index is -0.518. The van der Waals surface area contributed by atoms with Crippen LogP contribution in [-0.2, 0) is 6.61 Å². The van der Waals surface area contributed by atoms with Crippen LogP contribution in [0.15, 0.2) is 22.7 Å². The van der Waals surface area contributed by atoms with E-state index in [4.69, 9.17) is 5.11 Å². The Labute approximate surface area is 77.1 Å². The van der Waals surface area contributed by atoms with Gasteiger partial charge in [0.25, 0.3) is 5.69 Å². The summed E-state index contributed by atoms with van der Waals surface area (Å²) >= 11 is 3.04. The lowest BCUT2D eigenvalue weighted by molar-refractivity contribution is -0.386. The minimum Gasteiger partial charge on any atom is -0.391 e. The maximum atomic E-state index is 10.5. The third-order valence-electron chi connectivity index (χ3n) is 1.42. The molecule has 0 bridgehead atoms. The number of aliphatic hydroxyl groups is 1. The quantitative estimate of drug-likeness (QED) is 0.625. The number of hydrogen-bond acceptors (Lipinski definition) is 3. The third-order valence-corrected chi connectivity index (χ3v) is 2.06. The molecule has 0 aliphatic rings. The molecule has 0 fully saturated rings. The molecule has 64 valence electrons. The van der Waals surface area contributed by atoms with E-state index in [0.717, 1.165) is 0 Å². The van der Waals surface area contributed by atoms with E-state index >= 15 is 0 Å². The lowest BCUT2D eigenvalue weighted by Crippen LogP contribution is -1.95. The van der Waals surface area contributed by atoms with Crippen LogP contribution in [0.1, 0.15) is 5.56 Å². The summed E-state index contributed by atoms with van der Waals surface area (Å²) < 4.78 is 0.388. The Morgan fingerprint density at radius 2 is 2.25 bits per heavy atom. The number of para-hydroxylation sites is 1. The Balaban J connectivity index is 3.29. The van der Waals surface area contributed by atoms with Crippen molar-refractivity contribution in [3.05, 3.63) is 38.3 Å². The van der Waals surface area contributed by atoms with E-state index in [-0.39, 0.29) is 12.3 Å².